The van der Waals surface area contributed by atoms with Crippen LogP contribution in [0, 0.1) is 6.92 Å². The minimum absolute atomic E-state index is 0.146. The first-order valence-corrected chi connectivity index (χ1v) is 7.96. The number of hydrogen-bond donors (Lipinski definition) is 2. The number of nitrogens with one attached hydrogen (secondary N) is 2. The van der Waals surface area contributed by atoms with Crippen LogP contribution in [0.3, 0.4) is 0 Å². The molecule has 25 heavy (non-hydrogen) atoms. The van der Waals surface area contributed by atoms with Crippen LogP contribution in [-0.4, -0.2) is 16.4 Å². The number of aromatic nitrogens is 1. The summed E-state index contributed by atoms with van der Waals surface area (Å²) in [4.78, 5) is 23.7. The van der Waals surface area contributed by atoms with Gasteiger partial charge in [0, 0.05) is 41.9 Å². The Hall–Kier alpha value is -3.34. The van der Waals surface area contributed by atoms with Crippen LogP contribution in [0.4, 0.5) is 11.4 Å². The summed E-state index contributed by atoms with van der Waals surface area (Å²) in [7, 11) is 0. The van der Waals surface area contributed by atoms with Gasteiger partial charge in [-0.3, -0.25) is 9.59 Å². The summed E-state index contributed by atoms with van der Waals surface area (Å²) >= 11 is 0. The molecule has 5 nitrogen and oxygen atoms in total. The maximum absolute atomic E-state index is 12.5. The Bertz CT molecular complexity index is 897. The third kappa shape index (κ3) is 3.77. The average molecular weight is 333 g/mol. The second-order valence-corrected chi connectivity index (χ2v) is 5.75. The van der Waals surface area contributed by atoms with E-state index in [0.29, 0.717) is 16.9 Å². The van der Waals surface area contributed by atoms with Crippen molar-refractivity contribution in [2.75, 3.05) is 10.6 Å². The second-order valence-electron chi connectivity index (χ2n) is 5.75. The van der Waals surface area contributed by atoms with Gasteiger partial charge in [0.2, 0.25) is 5.91 Å². The molecule has 0 spiro atoms. The van der Waals surface area contributed by atoms with Gasteiger partial charge in [-0.25, -0.2) is 0 Å². The predicted molar refractivity (Wildman–Crippen MR) is 99.2 cm³/mol. The highest BCUT2D eigenvalue weighted by molar-refractivity contribution is 6.05. The van der Waals surface area contributed by atoms with Gasteiger partial charge in [0.25, 0.3) is 5.91 Å². The van der Waals surface area contributed by atoms with E-state index in [1.54, 1.807) is 24.3 Å². The Labute approximate surface area is 146 Å². The van der Waals surface area contributed by atoms with Crippen molar-refractivity contribution < 1.29 is 9.59 Å². The van der Waals surface area contributed by atoms with E-state index in [4.69, 9.17) is 0 Å². The molecule has 0 saturated carbocycles. The monoisotopic (exact) mass is 333 g/mol. The lowest BCUT2D eigenvalue weighted by Crippen LogP contribution is -2.14. The van der Waals surface area contributed by atoms with E-state index in [1.165, 1.54) is 6.92 Å². The summed E-state index contributed by atoms with van der Waals surface area (Å²) in [5.74, 6) is -0.339. The minimum atomic E-state index is -0.192. The smallest absolute Gasteiger partial charge is 0.255 e. The summed E-state index contributed by atoms with van der Waals surface area (Å²) < 4.78 is 1.97. The summed E-state index contributed by atoms with van der Waals surface area (Å²) in [6.07, 6.45) is 3.90. The zero-order valence-corrected chi connectivity index (χ0v) is 14.1. The Kier molecular flexibility index (Phi) is 4.66. The van der Waals surface area contributed by atoms with Crippen LogP contribution in [-0.2, 0) is 4.79 Å². The van der Waals surface area contributed by atoms with Gasteiger partial charge >= 0.3 is 0 Å². The second kappa shape index (κ2) is 7.05. The molecule has 3 aromatic rings. The molecule has 1 heterocycles. The Balaban J connectivity index is 1.77. The Morgan fingerprint density at radius 1 is 0.840 bits per heavy atom. The fourth-order valence-corrected chi connectivity index (χ4v) is 2.58. The van der Waals surface area contributed by atoms with Crippen molar-refractivity contribution in [2.45, 2.75) is 13.8 Å². The molecule has 2 amide bonds. The SMILES string of the molecule is CC(=O)Nc1cccc(NC(=O)c2ccc(-n3cccc3)cc2)c1C. The average Bonchev–Trinajstić information content (AvgIpc) is 3.13. The standard InChI is InChI=1S/C20H19N3O2/c1-14-18(21-15(2)24)6-5-7-19(14)22-20(25)16-8-10-17(11-9-16)23-12-3-4-13-23/h3-13H,1-2H3,(H,21,24)(H,22,25). The summed E-state index contributed by atoms with van der Waals surface area (Å²) in [5, 5.41) is 5.65. The van der Waals surface area contributed by atoms with Crippen LogP contribution in [0.15, 0.2) is 67.0 Å². The Morgan fingerprint density at radius 3 is 2.04 bits per heavy atom. The molecule has 2 N–H and O–H groups in total. The highest BCUT2D eigenvalue weighted by Crippen LogP contribution is 2.24. The van der Waals surface area contributed by atoms with E-state index in [9.17, 15) is 9.59 Å². The lowest BCUT2D eigenvalue weighted by atomic mass is 10.1. The van der Waals surface area contributed by atoms with E-state index in [2.05, 4.69) is 10.6 Å². The van der Waals surface area contributed by atoms with Gasteiger partial charge in [0.15, 0.2) is 0 Å². The number of nitrogens with zero attached hydrogens (tertiary/aromatic N) is 1. The maximum atomic E-state index is 12.5. The molecule has 0 unspecified atom stereocenters. The molecule has 0 radical (unpaired) electrons. The third-order valence-corrected chi connectivity index (χ3v) is 3.92. The van der Waals surface area contributed by atoms with E-state index in [-0.39, 0.29) is 11.8 Å². The number of carbonyl (C=O) groups excluding carboxylic acids is 2. The summed E-state index contributed by atoms with van der Waals surface area (Å²) in [6, 6.07) is 16.7. The van der Waals surface area contributed by atoms with Gasteiger partial charge < -0.3 is 15.2 Å². The number of anilines is 2. The van der Waals surface area contributed by atoms with Crippen molar-refractivity contribution >= 4 is 23.2 Å². The molecule has 0 bridgehead atoms. The van der Waals surface area contributed by atoms with Crippen LogP contribution < -0.4 is 10.6 Å². The largest absolute Gasteiger partial charge is 0.326 e. The molecule has 0 atom stereocenters. The lowest BCUT2D eigenvalue weighted by molar-refractivity contribution is -0.114. The van der Waals surface area contributed by atoms with E-state index in [1.807, 2.05) is 54.2 Å². The number of hydrogen-bond acceptors (Lipinski definition) is 2. The van der Waals surface area contributed by atoms with Crippen LogP contribution in [0.2, 0.25) is 0 Å². The topological polar surface area (TPSA) is 63.1 Å². The summed E-state index contributed by atoms with van der Waals surface area (Å²) in [6.45, 7) is 3.31. The first-order valence-electron chi connectivity index (χ1n) is 7.96. The molecule has 0 saturated heterocycles. The molecular weight excluding hydrogens is 314 g/mol. The van der Waals surface area contributed by atoms with Crippen LogP contribution >= 0.6 is 0 Å². The van der Waals surface area contributed by atoms with Crippen molar-refractivity contribution in [1.29, 1.82) is 0 Å². The normalized spacial score (nSPS) is 10.3. The fraction of sp³-hybridized carbons (Fsp3) is 0.100. The first-order chi connectivity index (χ1) is 12.0. The molecule has 126 valence electrons. The van der Waals surface area contributed by atoms with E-state index >= 15 is 0 Å². The zero-order chi connectivity index (χ0) is 17.8. The molecule has 0 aliphatic heterocycles. The maximum Gasteiger partial charge on any atom is 0.255 e. The van der Waals surface area contributed by atoms with Gasteiger partial charge in [-0.2, -0.15) is 0 Å². The molecule has 0 aliphatic carbocycles. The van der Waals surface area contributed by atoms with Crippen LogP contribution in [0.25, 0.3) is 5.69 Å². The van der Waals surface area contributed by atoms with Gasteiger partial charge in [-0.15, -0.1) is 0 Å². The van der Waals surface area contributed by atoms with Crippen molar-refractivity contribution in [2.24, 2.45) is 0 Å². The van der Waals surface area contributed by atoms with Crippen LogP contribution in [0.1, 0.15) is 22.8 Å². The molecule has 1 aromatic heterocycles. The van der Waals surface area contributed by atoms with Crippen LogP contribution in [0.5, 0.6) is 0 Å². The molecule has 3 rings (SSSR count). The van der Waals surface area contributed by atoms with Gasteiger partial charge in [0.05, 0.1) is 0 Å². The molecule has 2 aromatic carbocycles. The highest BCUT2D eigenvalue weighted by atomic mass is 16.2. The van der Waals surface area contributed by atoms with Crippen molar-refractivity contribution in [1.82, 2.24) is 4.57 Å². The lowest BCUT2D eigenvalue weighted by Gasteiger charge is -2.13. The summed E-state index contributed by atoms with van der Waals surface area (Å²) in [5.41, 5.74) is 3.74. The number of amides is 2. The number of rotatable bonds is 4. The number of carbonyl (C=O) groups is 2. The van der Waals surface area contributed by atoms with Gasteiger partial charge in [0.1, 0.15) is 0 Å². The minimum Gasteiger partial charge on any atom is -0.326 e. The van der Waals surface area contributed by atoms with E-state index in [0.717, 1.165) is 11.3 Å². The predicted octanol–water partition coefficient (Wildman–Crippen LogP) is 4.00. The zero-order valence-electron chi connectivity index (χ0n) is 14.1. The quantitative estimate of drug-likeness (QED) is 0.758. The first kappa shape index (κ1) is 16.5. The Morgan fingerprint density at radius 2 is 1.44 bits per heavy atom. The molecule has 5 heteroatoms. The fourth-order valence-electron chi connectivity index (χ4n) is 2.58. The molecule has 0 fully saturated rings. The van der Waals surface area contributed by atoms with Crippen molar-refractivity contribution in [3.63, 3.8) is 0 Å². The van der Waals surface area contributed by atoms with Crippen molar-refractivity contribution in [3.8, 4) is 5.69 Å². The highest BCUT2D eigenvalue weighted by Gasteiger charge is 2.10. The third-order valence-electron chi connectivity index (χ3n) is 3.92. The van der Waals surface area contributed by atoms with E-state index < -0.39 is 0 Å². The van der Waals surface area contributed by atoms with Crippen molar-refractivity contribution in [3.05, 3.63) is 78.1 Å². The van der Waals surface area contributed by atoms with Gasteiger partial charge in [-0.05, 0) is 61.0 Å². The van der Waals surface area contributed by atoms with Gasteiger partial charge in [-0.1, -0.05) is 6.07 Å². The molecule has 0 aliphatic rings. The number of benzene rings is 2. The molecular formula is C20H19N3O2.